The smallest absolute Gasteiger partial charge is 0.195 e. The van der Waals surface area contributed by atoms with Crippen molar-refractivity contribution in [2.75, 3.05) is 0 Å². The van der Waals surface area contributed by atoms with Crippen LogP contribution in [0.25, 0.3) is 6.08 Å². The van der Waals surface area contributed by atoms with Crippen molar-refractivity contribution >= 4 is 29.3 Å². The number of benzene rings is 2. The zero-order valence-electron chi connectivity index (χ0n) is 14.5. The summed E-state index contributed by atoms with van der Waals surface area (Å²) in [5.74, 6) is -7.79. The summed E-state index contributed by atoms with van der Waals surface area (Å²) in [5.41, 5.74) is -1.87. The van der Waals surface area contributed by atoms with Crippen molar-refractivity contribution in [3.8, 4) is 0 Å². The van der Waals surface area contributed by atoms with Crippen molar-refractivity contribution in [3.63, 3.8) is 0 Å². The Labute approximate surface area is 170 Å². The predicted molar refractivity (Wildman–Crippen MR) is 95.4 cm³/mol. The third-order valence-corrected chi connectivity index (χ3v) is 4.50. The van der Waals surface area contributed by atoms with Gasteiger partial charge in [-0.25, -0.2) is 0 Å². The van der Waals surface area contributed by atoms with Crippen LogP contribution in [-0.4, -0.2) is 12.1 Å². The van der Waals surface area contributed by atoms with Crippen molar-refractivity contribution < 1.29 is 35.1 Å². The minimum atomic E-state index is -5.92. The van der Waals surface area contributed by atoms with Crippen LogP contribution in [0, 0.1) is 6.92 Å². The lowest BCUT2D eigenvalue weighted by atomic mass is 9.90. The number of alkyl halides is 8. The topological polar surface area (TPSA) is 0 Å². The van der Waals surface area contributed by atoms with Crippen LogP contribution in [0.2, 0.25) is 10.0 Å². The van der Waals surface area contributed by atoms with E-state index in [2.05, 4.69) is 0 Å². The highest BCUT2D eigenvalue weighted by Crippen LogP contribution is 2.47. The molecule has 0 aliphatic heterocycles. The van der Waals surface area contributed by atoms with Gasteiger partial charge in [0.05, 0.1) is 11.5 Å². The van der Waals surface area contributed by atoms with Gasteiger partial charge in [-0.1, -0.05) is 47.5 Å². The van der Waals surface area contributed by atoms with Gasteiger partial charge in [0.15, 0.2) is 0 Å². The first-order valence-electron chi connectivity index (χ1n) is 7.89. The molecule has 0 aromatic heterocycles. The molecule has 0 fully saturated rings. The summed E-state index contributed by atoms with van der Waals surface area (Å²) in [5, 5.41) is -0.336. The highest BCUT2D eigenvalue weighted by atomic mass is 35.5. The summed E-state index contributed by atoms with van der Waals surface area (Å²) in [6.45, 7) is 1.20. The Balaban J connectivity index is 2.57. The lowest BCUT2D eigenvalue weighted by Gasteiger charge is -2.27. The highest BCUT2D eigenvalue weighted by Gasteiger charge is 2.61. The van der Waals surface area contributed by atoms with Crippen molar-refractivity contribution in [3.05, 3.63) is 74.8 Å². The second kappa shape index (κ2) is 8.14. The van der Waals surface area contributed by atoms with E-state index >= 15 is 0 Å². The van der Waals surface area contributed by atoms with Crippen molar-refractivity contribution in [1.82, 2.24) is 0 Å². The predicted octanol–water partition coefficient (Wildman–Crippen LogP) is 8.32. The van der Waals surface area contributed by atoms with Gasteiger partial charge in [0.25, 0.3) is 0 Å². The second-order valence-corrected chi connectivity index (χ2v) is 7.11. The first kappa shape index (κ1) is 23.5. The molecular weight excluding hydrogens is 451 g/mol. The van der Waals surface area contributed by atoms with Crippen LogP contribution in [0.15, 0.2) is 42.5 Å². The monoisotopic (exact) mass is 462 g/mol. The van der Waals surface area contributed by atoms with Gasteiger partial charge in [-0.3, -0.25) is 0 Å². The molecule has 0 aliphatic rings. The lowest BCUT2D eigenvalue weighted by molar-refractivity contribution is -0.286. The average molecular weight is 463 g/mol. The number of halogens is 10. The quantitative estimate of drug-likeness (QED) is 0.400. The van der Waals surface area contributed by atoms with E-state index in [-0.39, 0.29) is 21.2 Å². The van der Waals surface area contributed by atoms with E-state index in [1.807, 2.05) is 0 Å². The Morgan fingerprint density at radius 2 is 1.38 bits per heavy atom. The molecule has 158 valence electrons. The molecule has 0 radical (unpaired) electrons. The van der Waals surface area contributed by atoms with E-state index in [4.69, 9.17) is 23.2 Å². The van der Waals surface area contributed by atoms with Gasteiger partial charge in [0.1, 0.15) is 0 Å². The summed E-state index contributed by atoms with van der Waals surface area (Å²) >= 11 is 11.4. The van der Waals surface area contributed by atoms with Crippen LogP contribution >= 0.6 is 23.2 Å². The van der Waals surface area contributed by atoms with Crippen LogP contribution in [0.3, 0.4) is 0 Å². The molecule has 0 saturated carbocycles. The third kappa shape index (κ3) is 5.42. The molecule has 29 heavy (non-hydrogen) atoms. The Kier molecular flexibility index (Phi) is 6.59. The third-order valence-electron chi connectivity index (χ3n) is 4.06. The van der Waals surface area contributed by atoms with Crippen molar-refractivity contribution in [2.45, 2.75) is 31.1 Å². The number of rotatable bonds is 4. The van der Waals surface area contributed by atoms with Gasteiger partial charge in [-0.05, 0) is 47.9 Å². The SMILES string of the molecule is Cc1ccc(/C=C/C(c2cc(Cl)cc(Cl)c2)C(F)(F)C(F)(F)F)cc1C(F)(F)F. The summed E-state index contributed by atoms with van der Waals surface area (Å²) in [7, 11) is 0. The largest absolute Gasteiger partial charge is 0.454 e. The van der Waals surface area contributed by atoms with Crippen LogP contribution in [0.5, 0.6) is 0 Å². The maximum atomic E-state index is 14.1. The maximum absolute atomic E-state index is 14.1. The molecule has 10 heteroatoms. The van der Waals surface area contributed by atoms with E-state index in [1.165, 1.54) is 13.0 Å². The van der Waals surface area contributed by atoms with E-state index in [0.29, 0.717) is 12.1 Å². The summed E-state index contributed by atoms with van der Waals surface area (Å²) < 4.78 is 106. The molecule has 0 amide bonds. The standard InChI is InChI=1S/C19H12Cl2F8/c1-10-2-3-11(6-16(10)18(24,25)26)4-5-15(17(22,23)19(27,28)29)12-7-13(20)9-14(21)8-12/h2-9,15H,1H3/b5-4+. The van der Waals surface area contributed by atoms with Gasteiger partial charge in [0, 0.05) is 10.0 Å². The molecule has 0 spiro atoms. The molecule has 2 rings (SSSR count). The van der Waals surface area contributed by atoms with Gasteiger partial charge < -0.3 is 0 Å². The van der Waals surface area contributed by atoms with Crippen molar-refractivity contribution in [2.24, 2.45) is 0 Å². The molecule has 0 saturated heterocycles. The normalized spacial score (nSPS) is 14.4. The highest BCUT2D eigenvalue weighted by molar-refractivity contribution is 6.34. The van der Waals surface area contributed by atoms with Crippen molar-refractivity contribution in [1.29, 1.82) is 0 Å². The molecule has 1 unspecified atom stereocenters. The van der Waals surface area contributed by atoms with Crippen LogP contribution < -0.4 is 0 Å². The molecule has 2 aromatic carbocycles. The molecule has 2 aromatic rings. The lowest BCUT2D eigenvalue weighted by Crippen LogP contribution is -2.41. The second-order valence-electron chi connectivity index (χ2n) is 6.23. The number of hydrogen-bond acceptors (Lipinski definition) is 0. The van der Waals surface area contributed by atoms with E-state index in [0.717, 1.165) is 30.3 Å². The Morgan fingerprint density at radius 3 is 1.86 bits per heavy atom. The number of hydrogen-bond donors (Lipinski definition) is 0. The van der Waals surface area contributed by atoms with Gasteiger partial charge in [0.2, 0.25) is 0 Å². The summed E-state index contributed by atoms with van der Waals surface area (Å²) in [4.78, 5) is 0. The minimum Gasteiger partial charge on any atom is -0.195 e. The van der Waals surface area contributed by atoms with Gasteiger partial charge >= 0.3 is 18.3 Å². The first-order chi connectivity index (χ1) is 13.1. The molecular formula is C19H12Cl2F8. The van der Waals surface area contributed by atoms with E-state index in [9.17, 15) is 35.1 Å². The minimum absolute atomic E-state index is 0.117. The van der Waals surface area contributed by atoms with Crippen LogP contribution in [0.4, 0.5) is 35.1 Å². The molecule has 0 heterocycles. The fourth-order valence-electron chi connectivity index (χ4n) is 2.63. The summed E-state index contributed by atoms with van der Waals surface area (Å²) in [6, 6.07) is 5.86. The number of allylic oxidation sites excluding steroid dienone is 1. The van der Waals surface area contributed by atoms with Gasteiger partial charge in [-0.2, -0.15) is 35.1 Å². The Morgan fingerprint density at radius 1 is 0.828 bits per heavy atom. The molecule has 0 nitrogen and oxygen atoms in total. The zero-order valence-corrected chi connectivity index (χ0v) is 16.0. The van der Waals surface area contributed by atoms with Gasteiger partial charge in [-0.15, -0.1) is 0 Å². The average Bonchev–Trinajstić information content (AvgIpc) is 2.53. The van der Waals surface area contributed by atoms with E-state index in [1.54, 1.807) is 0 Å². The summed E-state index contributed by atoms with van der Waals surface area (Å²) in [6.07, 6.45) is -9.36. The molecule has 1 atom stereocenters. The fraction of sp³-hybridized carbons (Fsp3) is 0.263. The zero-order chi connectivity index (χ0) is 22.2. The maximum Gasteiger partial charge on any atom is 0.454 e. The Hall–Kier alpha value is -1.80. The molecule has 0 N–H and O–H groups in total. The fourth-order valence-corrected chi connectivity index (χ4v) is 3.17. The van der Waals surface area contributed by atoms with Crippen LogP contribution in [0.1, 0.15) is 28.2 Å². The molecule has 0 bridgehead atoms. The first-order valence-corrected chi connectivity index (χ1v) is 8.65. The Bertz CT molecular complexity index is 893. The number of aryl methyl sites for hydroxylation is 1. The molecule has 0 aliphatic carbocycles. The van der Waals surface area contributed by atoms with Crippen LogP contribution in [-0.2, 0) is 6.18 Å². The van der Waals surface area contributed by atoms with E-state index < -0.39 is 35.3 Å².